The van der Waals surface area contributed by atoms with Crippen LogP contribution in [-0.2, 0) is 24.8 Å². The number of rotatable bonds is 10. The number of nitrogens with zero attached hydrogens (tertiary/aromatic N) is 2. The van der Waals surface area contributed by atoms with E-state index >= 15 is 0 Å². The van der Waals surface area contributed by atoms with E-state index < -0.39 is 32.5 Å². The third kappa shape index (κ3) is 5.97. The Kier molecular flexibility index (Phi) is 7.38. The highest BCUT2D eigenvalue weighted by Gasteiger charge is 2.27. The minimum Gasteiger partial charge on any atom is -0.492 e. The molecule has 0 saturated carbocycles. The second-order valence-corrected chi connectivity index (χ2v) is 11.9. The van der Waals surface area contributed by atoms with Crippen molar-refractivity contribution in [3.8, 4) is 17.2 Å². The average Bonchev–Trinajstić information content (AvgIpc) is 3.52. The van der Waals surface area contributed by atoms with E-state index in [0.717, 1.165) is 23.4 Å². The Hall–Kier alpha value is -3.03. The zero-order valence-corrected chi connectivity index (χ0v) is 20.8. The van der Waals surface area contributed by atoms with Crippen LogP contribution in [0.15, 0.2) is 47.4 Å². The number of amides is 1. The fraction of sp³-hybridized carbons (Fsp3) is 0.409. The standard InChI is InChI=1S/C22H27N3O8S2/c1-34(27,28)25(17-4-9-20-21(14-17)33-16-32-20)15-22(26)23-10-13-31-18-5-7-19(8-6-18)35(29,30)24-11-2-3-12-24/h4-9,14H,2-3,10-13,15-16H2,1H3,(H,23,26). The first kappa shape index (κ1) is 25.1. The van der Waals surface area contributed by atoms with Crippen molar-refractivity contribution in [2.45, 2.75) is 17.7 Å². The first-order valence-corrected chi connectivity index (χ1v) is 14.3. The Balaban J connectivity index is 1.27. The number of sulfonamides is 2. The highest BCUT2D eigenvalue weighted by atomic mass is 32.2. The minimum atomic E-state index is -3.73. The number of nitrogens with one attached hydrogen (secondary N) is 1. The van der Waals surface area contributed by atoms with Crippen LogP contribution in [0.3, 0.4) is 0 Å². The van der Waals surface area contributed by atoms with E-state index in [1.165, 1.54) is 22.5 Å². The van der Waals surface area contributed by atoms with Crippen molar-refractivity contribution in [1.82, 2.24) is 9.62 Å². The van der Waals surface area contributed by atoms with Gasteiger partial charge in [-0.1, -0.05) is 0 Å². The molecule has 2 aromatic carbocycles. The lowest BCUT2D eigenvalue weighted by molar-refractivity contribution is -0.119. The number of hydrogen-bond acceptors (Lipinski definition) is 8. The number of hydrogen-bond donors (Lipinski definition) is 1. The van der Waals surface area contributed by atoms with Crippen LogP contribution in [0.4, 0.5) is 5.69 Å². The van der Waals surface area contributed by atoms with Gasteiger partial charge in [0.2, 0.25) is 32.7 Å². The van der Waals surface area contributed by atoms with Gasteiger partial charge in [-0.15, -0.1) is 0 Å². The van der Waals surface area contributed by atoms with E-state index in [9.17, 15) is 21.6 Å². The third-order valence-electron chi connectivity index (χ3n) is 5.55. The van der Waals surface area contributed by atoms with Gasteiger partial charge in [0.1, 0.15) is 18.9 Å². The SMILES string of the molecule is CS(=O)(=O)N(CC(=O)NCCOc1ccc(S(=O)(=O)N2CCCC2)cc1)c1ccc2c(c1)OCO2. The summed E-state index contributed by atoms with van der Waals surface area (Å²) in [5.74, 6) is 0.858. The number of carbonyl (C=O) groups is 1. The normalized spacial score (nSPS) is 15.7. The molecule has 2 aromatic rings. The summed E-state index contributed by atoms with van der Waals surface area (Å²) in [6.07, 6.45) is 2.75. The predicted octanol–water partition coefficient (Wildman–Crippen LogP) is 1.16. The lowest BCUT2D eigenvalue weighted by Crippen LogP contribution is -2.41. The topological polar surface area (TPSA) is 132 Å². The molecule has 1 amide bonds. The van der Waals surface area contributed by atoms with E-state index in [2.05, 4.69) is 5.32 Å². The molecule has 1 fully saturated rings. The Bertz CT molecular complexity index is 1270. The van der Waals surface area contributed by atoms with Crippen molar-refractivity contribution in [3.63, 3.8) is 0 Å². The quantitative estimate of drug-likeness (QED) is 0.457. The molecular formula is C22H27N3O8S2. The largest absolute Gasteiger partial charge is 0.492 e. The van der Waals surface area contributed by atoms with Crippen LogP contribution in [0.1, 0.15) is 12.8 Å². The number of anilines is 1. The average molecular weight is 526 g/mol. The van der Waals surface area contributed by atoms with E-state index in [0.29, 0.717) is 30.3 Å². The van der Waals surface area contributed by atoms with Crippen LogP contribution in [0.5, 0.6) is 17.2 Å². The second kappa shape index (κ2) is 10.3. The molecule has 13 heteroatoms. The van der Waals surface area contributed by atoms with Gasteiger partial charge < -0.3 is 19.5 Å². The molecule has 0 spiro atoms. The van der Waals surface area contributed by atoms with E-state index in [4.69, 9.17) is 14.2 Å². The van der Waals surface area contributed by atoms with Crippen LogP contribution in [0, 0.1) is 0 Å². The molecule has 2 aliphatic heterocycles. The van der Waals surface area contributed by atoms with Gasteiger partial charge in [0, 0.05) is 19.2 Å². The van der Waals surface area contributed by atoms with Crippen molar-refractivity contribution < 1.29 is 35.8 Å². The number of benzene rings is 2. The van der Waals surface area contributed by atoms with Crippen LogP contribution in [-0.4, -0.2) is 72.9 Å². The molecule has 0 radical (unpaired) electrons. The van der Waals surface area contributed by atoms with Crippen LogP contribution >= 0.6 is 0 Å². The third-order valence-corrected chi connectivity index (χ3v) is 8.60. The van der Waals surface area contributed by atoms with Gasteiger partial charge in [-0.25, -0.2) is 16.8 Å². The van der Waals surface area contributed by atoms with Crippen LogP contribution < -0.4 is 23.8 Å². The molecule has 2 aliphatic rings. The number of ether oxygens (including phenoxy) is 3. The highest BCUT2D eigenvalue weighted by molar-refractivity contribution is 7.92. The predicted molar refractivity (Wildman–Crippen MR) is 128 cm³/mol. The van der Waals surface area contributed by atoms with E-state index in [-0.39, 0.29) is 30.5 Å². The molecular weight excluding hydrogens is 498 g/mol. The smallest absolute Gasteiger partial charge is 0.243 e. The van der Waals surface area contributed by atoms with Gasteiger partial charge >= 0.3 is 0 Å². The summed E-state index contributed by atoms with van der Waals surface area (Å²) in [4.78, 5) is 12.6. The second-order valence-electron chi connectivity index (χ2n) is 8.09. The van der Waals surface area contributed by atoms with Gasteiger partial charge in [0.05, 0.1) is 23.4 Å². The zero-order valence-electron chi connectivity index (χ0n) is 19.2. The highest BCUT2D eigenvalue weighted by Crippen LogP contribution is 2.36. The maximum Gasteiger partial charge on any atom is 0.243 e. The lowest BCUT2D eigenvalue weighted by atomic mass is 10.3. The summed E-state index contributed by atoms with van der Waals surface area (Å²) in [5, 5.41) is 2.62. The fourth-order valence-corrected chi connectivity index (χ4v) is 6.14. The zero-order chi connectivity index (χ0) is 25.1. The first-order chi connectivity index (χ1) is 16.6. The maximum atomic E-state index is 12.6. The maximum absolute atomic E-state index is 12.6. The molecule has 0 bridgehead atoms. The molecule has 11 nitrogen and oxygen atoms in total. The van der Waals surface area contributed by atoms with Gasteiger partial charge in [-0.05, 0) is 49.2 Å². The minimum absolute atomic E-state index is 0.0507. The monoisotopic (exact) mass is 525 g/mol. The molecule has 0 aliphatic carbocycles. The molecule has 190 valence electrons. The number of fused-ring (bicyclic) bond motifs is 1. The Morgan fingerprint density at radius 2 is 1.71 bits per heavy atom. The molecule has 0 aromatic heterocycles. The van der Waals surface area contributed by atoms with Gasteiger partial charge in [-0.2, -0.15) is 4.31 Å². The van der Waals surface area contributed by atoms with Crippen molar-refractivity contribution in [2.75, 3.05) is 50.1 Å². The number of carbonyl (C=O) groups excluding carboxylic acids is 1. The molecule has 35 heavy (non-hydrogen) atoms. The summed E-state index contributed by atoms with van der Waals surface area (Å²) in [6.45, 7) is 0.951. The molecule has 1 N–H and O–H groups in total. The molecule has 4 rings (SSSR count). The van der Waals surface area contributed by atoms with Gasteiger partial charge in [-0.3, -0.25) is 9.10 Å². The Labute approximate surface area is 204 Å². The molecule has 2 heterocycles. The summed E-state index contributed by atoms with van der Waals surface area (Å²) in [5.41, 5.74) is 0.284. The summed E-state index contributed by atoms with van der Waals surface area (Å²) in [7, 11) is -7.22. The van der Waals surface area contributed by atoms with Crippen LogP contribution in [0.2, 0.25) is 0 Å². The van der Waals surface area contributed by atoms with E-state index in [1.54, 1.807) is 24.3 Å². The molecule has 0 atom stereocenters. The van der Waals surface area contributed by atoms with Crippen molar-refractivity contribution in [2.24, 2.45) is 0 Å². The van der Waals surface area contributed by atoms with Crippen molar-refractivity contribution in [1.29, 1.82) is 0 Å². The summed E-state index contributed by atoms with van der Waals surface area (Å²) >= 11 is 0. The summed E-state index contributed by atoms with van der Waals surface area (Å²) < 4.78 is 68.2. The Morgan fingerprint density at radius 1 is 1.03 bits per heavy atom. The van der Waals surface area contributed by atoms with E-state index in [1.807, 2.05) is 0 Å². The molecule has 1 saturated heterocycles. The van der Waals surface area contributed by atoms with Gasteiger partial charge in [0.25, 0.3) is 0 Å². The van der Waals surface area contributed by atoms with Crippen LogP contribution in [0.25, 0.3) is 0 Å². The van der Waals surface area contributed by atoms with Crippen molar-refractivity contribution >= 4 is 31.6 Å². The Morgan fingerprint density at radius 3 is 2.40 bits per heavy atom. The lowest BCUT2D eigenvalue weighted by Gasteiger charge is -2.22. The molecule has 0 unspecified atom stereocenters. The van der Waals surface area contributed by atoms with Crippen molar-refractivity contribution in [3.05, 3.63) is 42.5 Å². The fourth-order valence-electron chi connectivity index (χ4n) is 3.77. The first-order valence-electron chi connectivity index (χ1n) is 11.0. The van der Waals surface area contributed by atoms with Gasteiger partial charge in [0.15, 0.2) is 11.5 Å². The summed E-state index contributed by atoms with van der Waals surface area (Å²) in [6, 6.07) is 10.8.